The third-order valence-electron chi connectivity index (χ3n) is 5.32. The van der Waals surface area contributed by atoms with Gasteiger partial charge in [0.05, 0.1) is 9.79 Å². The number of hydrogen-bond donors (Lipinski definition) is 2. The quantitative estimate of drug-likeness (QED) is 0.660. The zero-order valence-electron chi connectivity index (χ0n) is 16.4. The van der Waals surface area contributed by atoms with Crippen LogP contribution in [0.3, 0.4) is 0 Å². The average molecular weight is 438 g/mol. The maximum atomic E-state index is 12.7. The normalized spacial score (nSPS) is 20.4. The molecular weight excluding hydrogens is 410 g/mol. The van der Waals surface area contributed by atoms with Gasteiger partial charge in [-0.2, -0.15) is 0 Å². The van der Waals surface area contributed by atoms with Crippen LogP contribution in [0, 0.1) is 5.92 Å². The van der Waals surface area contributed by atoms with Gasteiger partial charge in [-0.25, -0.2) is 26.3 Å². The highest BCUT2D eigenvalue weighted by molar-refractivity contribution is 7.90. The fourth-order valence-electron chi connectivity index (χ4n) is 3.52. The van der Waals surface area contributed by atoms with Crippen molar-refractivity contribution in [2.45, 2.75) is 54.9 Å². The Balaban J connectivity index is 1.63. The minimum Gasteiger partial charge on any atom is -0.265 e. The fourth-order valence-corrected chi connectivity index (χ4v) is 5.93. The van der Waals surface area contributed by atoms with Gasteiger partial charge in [-0.05, 0) is 67.1 Å². The monoisotopic (exact) mass is 437 g/mol. The highest BCUT2D eigenvalue weighted by atomic mass is 32.2. The molecule has 1 aromatic carbocycles. The van der Waals surface area contributed by atoms with E-state index in [0.29, 0.717) is 12.3 Å². The summed E-state index contributed by atoms with van der Waals surface area (Å²) in [5.74, 6) is 0.294. The van der Waals surface area contributed by atoms with Crippen LogP contribution in [0.25, 0.3) is 0 Å². The summed E-state index contributed by atoms with van der Waals surface area (Å²) < 4.78 is 55.5. The van der Waals surface area contributed by atoms with Crippen molar-refractivity contribution < 1.29 is 16.8 Å². The summed E-state index contributed by atoms with van der Waals surface area (Å²) in [5.41, 5.74) is 0.979. The van der Waals surface area contributed by atoms with E-state index >= 15 is 0 Å². The van der Waals surface area contributed by atoms with Crippen LogP contribution in [0.1, 0.15) is 38.2 Å². The van der Waals surface area contributed by atoms with E-state index in [1.54, 1.807) is 12.4 Å². The second-order valence-corrected chi connectivity index (χ2v) is 10.9. The Morgan fingerprint density at radius 3 is 2.10 bits per heavy atom. The number of nitrogens with one attached hydrogen (secondary N) is 2. The van der Waals surface area contributed by atoms with Gasteiger partial charge in [0.1, 0.15) is 0 Å². The Morgan fingerprint density at radius 2 is 1.48 bits per heavy atom. The molecule has 2 atom stereocenters. The highest BCUT2D eigenvalue weighted by Crippen LogP contribution is 2.25. The summed E-state index contributed by atoms with van der Waals surface area (Å²) in [5, 5.41) is 0. The molecule has 1 aromatic heterocycles. The van der Waals surface area contributed by atoms with E-state index in [0.717, 1.165) is 31.2 Å². The number of hydrogen-bond acceptors (Lipinski definition) is 5. The zero-order valence-corrected chi connectivity index (χ0v) is 18.0. The molecule has 1 aliphatic rings. The third kappa shape index (κ3) is 5.85. The summed E-state index contributed by atoms with van der Waals surface area (Å²) in [6.45, 7) is 2.30. The van der Waals surface area contributed by atoms with Crippen LogP contribution in [-0.4, -0.2) is 34.4 Å². The van der Waals surface area contributed by atoms with Crippen molar-refractivity contribution in [1.29, 1.82) is 0 Å². The average Bonchev–Trinajstić information content (AvgIpc) is 2.70. The molecule has 0 saturated heterocycles. The molecule has 1 heterocycles. The van der Waals surface area contributed by atoms with E-state index in [1.807, 2.05) is 12.1 Å². The van der Waals surface area contributed by atoms with Crippen molar-refractivity contribution in [1.82, 2.24) is 14.4 Å². The molecule has 0 aliphatic heterocycles. The maximum Gasteiger partial charge on any atom is 0.240 e. The van der Waals surface area contributed by atoms with E-state index in [9.17, 15) is 16.8 Å². The number of sulfonamides is 2. The van der Waals surface area contributed by atoms with Gasteiger partial charge in [0, 0.05) is 25.0 Å². The van der Waals surface area contributed by atoms with Gasteiger partial charge in [0.15, 0.2) is 0 Å². The Morgan fingerprint density at radius 1 is 0.897 bits per heavy atom. The number of aromatic nitrogens is 1. The first-order chi connectivity index (χ1) is 13.8. The number of nitrogens with zero attached hydrogens (tertiary/aromatic N) is 1. The summed E-state index contributed by atoms with van der Waals surface area (Å²) in [6, 6.07) is 8.91. The number of pyridine rings is 1. The van der Waals surface area contributed by atoms with Gasteiger partial charge >= 0.3 is 0 Å². The van der Waals surface area contributed by atoms with Crippen molar-refractivity contribution in [3.05, 3.63) is 54.4 Å². The summed E-state index contributed by atoms with van der Waals surface area (Å²) in [6.07, 6.45) is 7.83. The SMILES string of the molecule is C[C@@H]1CCCC[C@H]1NS(=O)(=O)c1ccc(S(=O)(=O)NCCc2ccncc2)cc1. The van der Waals surface area contributed by atoms with Crippen molar-refractivity contribution in [2.24, 2.45) is 5.92 Å². The Labute approximate surface area is 173 Å². The van der Waals surface area contributed by atoms with Crippen LogP contribution in [0.15, 0.2) is 58.6 Å². The van der Waals surface area contributed by atoms with E-state index < -0.39 is 20.0 Å². The first-order valence-corrected chi connectivity index (χ1v) is 12.8. The first kappa shape index (κ1) is 21.9. The molecule has 0 spiro atoms. The number of benzene rings is 1. The Hall–Kier alpha value is -1.81. The van der Waals surface area contributed by atoms with E-state index in [-0.39, 0.29) is 22.4 Å². The Bertz CT molecular complexity index is 1010. The van der Waals surface area contributed by atoms with Crippen LogP contribution in [-0.2, 0) is 26.5 Å². The minimum atomic E-state index is -3.71. The smallest absolute Gasteiger partial charge is 0.240 e. The predicted molar refractivity (Wildman–Crippen MR) is 111 cm³/mol. The topological polar surface area (TPSA) is 105 Å². The molecule has 29 heavy (non-hydrogen) atoms. The van der Waals surface area contributed by atoms with Crippen LogP contribution >= 0.6 is 0 Å². The molecule has 1 fully saturated rings. The lowest BCUT2D eigenvalue weighted by atomic mass is 9.87. The molecule has 0 unspecified atom stereocenters. The molecule has 2 N–H and O–H groups in total. The van der Waals surface area contributed by atoms with Gasteiger partial charge in [-0.3, -0.25) is 4.98 Å². The van der Waals surface area contributed by atoms with E-state index in [2.05, 4.69) is 21.4 Å². The van der Waals surface area contributed by atoms with Crippen molar-refractivity contribution in [3.63, 3.8) is 0 Å². The van der Waals surface area contributed by atoms with Gasteiger partial charge in [-0.1, -0.05) is 19.8 Å². The van der Waals surface area contributed by atoms with E-state index in [1.165, 1.54) is 24.3 Å². The third-order valence-corrected chi connectivity index (χ3v) is 8.30. The zero-order chi connectivity index (χ0) is 20.9. The molecule has 1 saturated carbocycles. The number of rotatable bonds is 8. The molecule has 7 nitrogen and oxygen atoms in total. The van der Waals surface area contributed by atoms with Gasteiger partial charge in [0.2, 0.25) is 20.0 Å². The van der Waals surface area contributed by atoms with Crippen molar-refractivity contribution in [2.75, 3.05) is 6.54 Å². The molecule has 9 heteroatoms. The molecule has 158 valence electrons. The molecule has 0 bridgehead atoms. The lowest BCUT2D eigenvalue weighted by Gasteiger charge is -2.29. The van der Waals surface area contributed by atoms with Crippen LogP contribution in [0.2, 0.25) is 0 Å². The molecule has 1 aliphatic carbocycles. The molecular formula is C20H27N3O4S2. The molecule has 3 rings (SSSR count). The van der Waals surface area contributed by atoms with Crippen LogP contribution < -0.4 is 9.44 Å². The summed E-state index contributed by atoms with van der Waals surface area (Å²) in [4.78, 5) is 4.04. The standard InChI is InChI=1S/C20H27N3O4S2/c1-16-4-2-3-5-20(16)23-29(26,27)19-8-6-18(7-9-19)28(24,25)22-15-12-17-10-13-21-14-11-17/h6-11,13-14,16,20,22-23H,2-5,12,15H2,1H3/t16-,20-/m1/s1. The fraction of sp³-hybridized carbons (Fsp3) is 0.450. The van der Waals surface area contributed by atoms with Crippen molar-refractivity contribution >= 4 is 20.0 Å². The second kappa shape index (κ2) is 9.34. The molecule has 0 amide bonds. The highest BCUT2D eigenvalue weighted by Gasteiger charge is 2.27. The summed E-state index contributed by atoms with van der Waals surface area (Å²) in [7, 11) is -7.39. The molecule has 2 aromatic rings. The first-order valence-electron chi connectivity index (χ1n) is 9.79. The lowest BCUT2D eigenvalue weighted by molar-refractivity contribution is 0.310. The molecule has 0 radical (unpaired) electrons. The minimum absolute atomic E-state index is 0.0391. The van der Waals surface area contributed by atoms with Crippen molar-refractivity contribution in [3.8, 4) is 0 Å². The second-order valence-electron chi connectivity index (χ2n) is 7.46. The predicted octanol–water partition coefficient (Wildman–Crippen LogP) is 2.46. The lowest BCUT2D eigenvalue weighted by Crippen LogP contribution is -2.40. The van der Waals surface area contributed by atoms with Gasteiger partial charge < -0.3 is 0 Å². The summed E-state index contributed by atoms with van der Waals surface area (Å²) >= 11 is 0. The Kier molecular flexibility index (Phi) is 7.05. The maximum absolute atomic E-state index is 12.7. The van der Waals surface area contributed by atoms with E-state index in [4.69, 9.17) is 0 Å². The largest absolute Gasteiger partial charge is 0.265 e. The van der Waals surface area contributed by atoms with Crippen LogP contribution in [0.5, 0.6) is 0 Å². The van der Waals surface area contributed by atoms with Gasteiger partial charge in [0.25, 0.3) is 0 Å². The van der Waals surface area contributed by atoms with Gasteiger partial charge in [-0.15, -0.1) is 0 Å². The van der Waals surface area contributed by atoms with Crippen LogP contribution in [0.4, 0.5) is 0 Å².